The molecule has 1 aliphatic rings. The van der Waals surface area contributed by atoms with E-state index in [1.807, 2.05) is 6.92 Å². The molecule has 86 valence electrons. The van der Waals surface area contributed by atoms with E-state index < -0.39 is 11.6 Å². The van der Waals surface area contributed by atoms with Gasteiger partial charge in [0.25, 0.3) is 0 Å². The van der Waals surface area contributed by atoms with Gasteiger partial charge in [-0.2, -0.15) is 0 Å². The van der Waals surface area contributed by atoms with E-state index in [0.717, 1.165) is 0 Å². The van der Waals surface area contributed by atoms with Gasteiger partial charge in [-0.05, 0) is 19.1 Å². The van der Waals surface area contributed by atoms with Gasteiger partial charge >= 0.3 is 6.09 Å². The van der Waals surface area contributed by atoms with Gasteiger partial charge in [0.05, 0.1) is 11.2 Å². The molecule has 0 aromatic heterocycles. The largest absolute Gasteiger partial charge is 0.506 e. The summed E-state index contributed by atoms with van der Waals surface area (Å²) < 4.78 is 4.98. The SMILES string of the molecule is CC1(CN)COC(=O)N1c1ccccc1O. The number of hydrogen-bond donors (Lipinski definition) is 2. The molecular formula is C11H14N2O3. The zero-order valence-corrected chi connectivity index (χ0v) is 9.01. The van der Waals surface area contributed by atoms with E-state index in [0.29, 0.717) is 5.69 Å². The summed E-state index contributed by atoms with van der Waals surface area (Å²) in [7, 11) is 0. The molecule has 0 aliphatic carbocycles. The Kier molecular flexibility index (Phi) is 2.47. The Morgan fingerprint density at radius 1 is 1.56 bits per heavy atom. The van der Waals surface area contributed by atoms with E-state index >= 15 is 0 Å². The molecule has 1 heterocycles. The van der Waals surface area contributed by atoms with Crippen molar-refractivity contribution < 1.29 is 14.6 Å². The highest BCUT2D eigenvalue weighted by Gasteiger charge is 2.44. The third-order valence-corrected chi connectivity index (χ3v) is 2.79. The molecule has 1 aromatic carbocycles. The maximum Gasteiger partial charge on any atom is 0.415 e. The lowest BCUT2D eigenvalue weighted by molar-refractivity contribution is 0.174. The smallest absolute Gasteiger partial charge is 0.415 e. The van der Waals surface area contributed by atoms with Gasteiger partial charge in [0.15, 0.2) is 0 Å². The summed E-state index contributed by atoms with van der Waals surface area (Å²) in [5.74, 6) is 0.0426. The first-order valence-corrected chi connectivity index (χ1v) is 5.03. The molecule has 1 unspecified atom stereocenters. The summed E-state index contributed by atoms with van der Waals surface area (Å²) in [6.45, 7) is 2.33. The summed E-state index contributed by atoms with van der Waals surface area (Å²) in [5, 5.41) is 9.73. The Bertz CT molecular complexity index is 421. The fourth-order valence-electron chi connectivity index (χ4n) is 1.76. The van der Waals surface area contributed by atoms with Gasteiger partial charge in [0, 0.05) is 6.54 Å². The molecule has 0 spiro atoms. The lowest BCUT2D eigenvalue weighted by Gasteiger charge is -2.30. The van der Waals surface area contributed by atoms with E-state index in [1.54, 1.807) is 18.2 Å². The molecule has 16 heavy (non-hydrogen) atoms. The number of nitrogens with two attached hydrogens (primary N) is 1. The van der Waals surface area contributed by atoms with Crippen LogP contribution in [0.15, 0.2) is 24.3 Å². The highest BCUT2D eigenvalue weighted by Crippen LogP contribution is 2.35. The van der Waals surface area contributed by atoms with Gasteiger partial charge in [-0.25, -0.2) is 4.79 Å². The van der Waals surface area contributed by atoms with Crippen LogP contribution >= 0.6 is 0 Å². The number of carbonyl (C=O) groups is 1. The summed E-state index contributed by atoms with van der Waals surface area (Å²) in [6, 6.07) is 6.63. The number of carbonyl (C=O) groups excluding carboxylic acids is 1. The minimum Gasteiger partial charge on any atom is -0.506 e. The molecule has 1 aromatic rings. The van der Waals surface area contributed by atoms with E-state index in [2.05, 4.69) is 0 Å². The monoisotopic (exact) mass is 222 g/mol. The molecule has 1 fully saturated rings. The third kappa shape index (κ3) is 1.49. The van der Waals surface area contributed by atoms with Crippen LogP contribution in [-0.2, 0) is 4.74 Å². The van der Waals surface area contributed by atoms with Crippen molar-refractivity contribution in [3.8, 4) is 5.75 Å². The average molecular weight is 222 g/mol. The zero-order valence-electron chi connectivity index (χ0n) is 9.01. The third-order valence-electron chi connectivity index (χ3n) is 2.79. The maximum atomic E-state index is 11.6. The van der Waals surface area contributed by atoms with Crippen molar-refractivity contribution in [1.82, 2.24) is 0 Å². The number of amides is 1. The van der Waals surface area contributed by atoms with Crippen LogP contribution < -0.4 is 10.6 Å². The first-order valence-electron chi connectivity index (χ1n) is 5.03. The second-order valence-corrected chi connectivity index (χ2v) is 4.08. The summed E-state index contributed by atoms with van der Waals surface area (Å²) >= 11 is 0. The van der Waals surface area contributed by atoms with Gasteiger partial charge < -0.3 is 15.6 Å². The number of benzene rings is 1. The van der Waals surface area contributed by atoms with Crippen molar-refractivity contribution in [3.63, 3.8) is 0 Å². The maximum absolute atomic E-state index is 11.6. The first kappa shape index (κ1) is 10.8. The van der Waals surface area contributed by atoms with Crippen molar-refractivity contribution in [2.45, 2.75) is 12.5 Å². The van der Waals surface area contributed by atoms with Crippen molar-refractivity contribution in [2.75, 3.05) is 18.1 Å². The Labute approximate surface area is 93.4 Å². The molecule has 1 amide bonds. The number of para-hydroxylation sites is 2. The molecule has 1 atom stereocenters. The number of phenolic OH excluding ortho intramolecular Hbond substituents is 1. The lowest BCUT2D eigenvalue weighted by atomic mass is 10.0. The molecule has 2 rings (SSSR count). The van der Waals surface area contributed by atoms with Crippen molar-refractivity contribution >= 4 is 11.8 Å². The number of hydrogen-bond acceptors (Lipinski definition) is 4. The Morgan fingerprint density at radius 3 is 2.88 bits per heavy atom. The van der Waals surface area contributed by atoms with Gasteiger partial charge in [0.1, 0.15) is 12.4 Å². The highest BCUT2D eigenvalue weighted by molar-refractivity contribution is 5.93. The fourth-order valence-corrected chi connectivity index (χ4v) is 1.76. The van der Waals surface area contributed by atoms with E-state index in [4.69, 9.17) is 10.5 Å². The van der Waals surface area contributed by atoms with Crippen molar-refractivity contribution in [3.05, 3.63) is 24.3 Å². The second kappa shape index (κ2) is 3.68. The molecule has 0 bridgehead atoms. The molecule has 0 radical (unpaired) electrons. The number of ether oxygens (including phenoxy) is 1. The van der Waals surface area contributed by atoms with Crippen molar-refractivity contribution in [1.29, 1.82) is 0 Å². The minimum atomic E-state index is -0.601. The predicted octanol–water partition coefficient (Wildman–Crippen LogP) is 1.07. The minimum absolute atomic E-state index is 0.0426. The van der Waals surface area contributed by atoms with Gasteiger partial charge in [0.2, 0.25) is 0 Å². The second-order valence-electron chi connectivity index (χ2n) is 4.08. The number of anilines is 1. The number of aromatic hydroxyl groups is 1. The van der Waals surface area contributed by atoms with Crippen molar-refractivity contribution in [2.24, 2.45) is 5.73 Å². The predicted molar refractivity (Wildman–Crippen MR) is 59.4 cm³/mol. The van der Waals surface area contributed by atoms with Crippen LogP contribution in [0, 0.1) is 0 Å². The van der Waals surface area contributed by atoms with Gasteiger partial charge in [-0.15, -0.1) is 0 Å². The molecule has 5 heteroatoms. The quantitative estimate of drug-likeness (QED) is 0.784. The van der Waals surface area contributed by atoms with Crippen LogP contribution in [0.3, 0.4) is 0 Å². The van der Waals surface area contributed by atoms with E-state index in [9.17, 15) is 9.90 Å². The Morgan fingerprint density at radius 2 is 2.25 bits per heavy atom. The first-order chi connectivity index (χ1) is 7.58. The number of cyclic esters (lactones) is 1. The summed E-state index contributed by atoms with van der Waals surface area (Å²) in [6.07, 6.45) is -0.477. The normalized spacial score (nSPS) is 24.6. The topological polar surface area (TPSA) is 75.8 Å². The molecule has 5 nitrogen and oxygen atoms in total. The molecule has 1 aliphatic heterocycles. The van der Waals surface area contributed by atoms with E-state index in [1.165, 1.54) is 11.0 Å². The Hall–Kier alpha value is -1.75. The van der Waals surface area contributed by atoms with Gasteiger partial charge in [-0.1, -0.05) is 12.1 Å². The summed E-state index contributed by atoms with van der Waals surface area (Å²) in [5.41, 5.74) is 5.48. The Balaban J connectivity index is 2.46. The van der Waals surface area contributed by atoms with Crippen LogP contribution in [0.5, 0.6) is 5.75 Å². The highest BCUT2D eigenvalue weighted by atomic mass is 16.6. The molecule has 0 saturated carbocycles. The molecule has 1 saturated heterocycles. The lowest BCUT2D eigenvalue weighted by Crippen LogP contribution is -2.50. The van der Waals surface area contributed by atoms with E-state index in [-0.39, 0.29) is 18.9 Å². The van der Waals surface area contributed by atoms with Crippen LogP contribution in [0.2, 0.25) is 0 Å². The molecular weight excluding hydrogens is 208 g/mol. The van der Waals surface area contributed by atoms with Crippen LogP contribution in [-0.4, -0.2) is 29.9 Å². The standard InChI is InChI=1S/C11H14N2O3/c1-11(6-12)7-16-10(15)13(11)8-4-2-3-5-9(8)14/h2-5,14H,6-7,12H2,1H3. The number of rotatable bonds is 2. The van der Waals surface area contributed by atoms with Crippen LogP contribution in [0.1, 0.15) is 6.92 Å². The van der Waals surface area contributed by atoms with Crippen LogP contribution in [0.4, 0.5) is 10.5 Å². The fraction of sp³-hybridized carbons (Fsp3) is 0.364. The number of phenols is 1. The summed E-state index contributed by atoms with van der Waals surface area (Å²) in [4.78, 5) is 13.0. The van der Waals surface area contributed by atoms with Gasteiger partial charge in [-0.3, -0.25) is 4.90 Å². The molecule has 3 N–H and O–H groups in total. The zero-order chi connectivity index (χ0) is 11.8. The average Bonchev–Trinajstić information content (AvgIpc) is 2.57. The number of nitrogens with zero attached hydrogens (tertiary/aromatic N) is 1. The van der Waals surface area contributed by atoms with Crippen LogP contribution in [0.25, 0.3) is 0 Å².